The van der Waals surface area contributed by atoms with Crippen molar-refractivity contribution in [1.29, 1.82) is 0 Å². The molecular formula is C15H12ClFO2. The maximum atomic E-state index is 13.5. The van der Waals surface area contributed by atoms with Crippen LogP contribution in [0.25, 0.3) is 0 Å². The molecule has 4 heteroatoms. The number of Topliss-reactive ketones (excluding diaryl/α,β-unsaturated/α-hetero) is 1. The Kier molecular flexibility index (Phi) is 4.17. The molecule has 0 aromatic heterocycles. The molecule has 0 heterocycles. The van der Waals surface area contributed by atoms with Crippen LogP contribution in [0, 0.1) is 5.82 Å². The molecule has 2 rings (SSSR count). The summed E-state index contributed by atoms with van der Waals surface area (Å²) in [7, 11) is 1.48. The van der Waals surface area contributed by atoms with Crippen molar-refractivity contribution in [3.8, 4) is 5.75 Å². The van der Waals surface area contributed by atoms with Crippen molar-refractivity contribution in [2.24, 2.45) is 0 Å². The molecule has 2 aromatic carbocycles. The van der Waals surface area contributed by atoms with Crippen molar-refractivity contribution in [3.63, 3.8) is 0 Å². The third-order valence-electron chi connectivity index (χ3n) is 2.77. The molecule has 0 N–H and O–H groups in total. The minimum Gasteiger partial charge on any atom is -0.496 e. The fourth-order valence-electron chi connectivity index (χ4n) is 1.81. The van der Waals surface area contributed by atoms with Gasteiger partial charge >= 0.3 is 0 Å². The number of carbonyl (C=O) groups is 1. The molecule has 2 nitrogen and oxygen atoms in total. The summed E-state index contributed by atoms with van der Waals surface area (Å²) in [4.78, 5) is 12.2. The lowest BCUT2D eigenvalue weighted by Crippen LogP contribution is -2.07. The van der Waals surface area contributed by atoms with E-state index in [2.05, 4.69) is 0 Å². The Hall–Kier alpha value is -1.87. The number of carbonyl (C=O) groups excluding carboxylic acids is 1. The Morgan fingerprint density at radius 2 is 2.00 bits per heavy atom. The van der Waals surface area contributed by atoms with Crippen LogP contribution in [-0.4, -0.2) is 12.9 Å². The second-order valence-corrected chi connectivity index (χ2v) is 4.47. The predicted molar refractivity (Wildman–Crippen MR) is 72.4 cm³/mol. The maximum absolute atomic E-state index is 13.5. The molecule has 0 radical (unpaired) electrons. The Labute approximate surface area is 115 Å². The van der Waals surface area contributed by atoms with Gasteiger partial charge in [-0.3, -0.25) is 4.79 Å². The number of halogens is 2. The number of ether oxygens (including phenoxy) is 1. The Balaban J connectivity index is 2.30. The molecule has 0 amide bonds. The highest BCUT2D eigenvalue weighted by Crippen LogP contribution is 2.24. The maximum Gasteiger partial charge on any atom is 0.171 e. The zero-order valence-electron chi connectivity index (χ0n) is 10.3. The standard InChI is InChI=1S/C15H12ClFO2/c1-19-15-7-6-11(16)9-12(15)14(18)8-10-4-2-3-5-13(10)17/h2-7,9H,8H2,1H3. The van der Waals surface area contributed by atoms with Crippen LogP contribution in [0.2, 0.25) is 5.02 Å². The molecule has 19 heavy (non-hydrogen) atoms. The van der Waals surface area contributed by atoms with Crippen LogP contribution >= 0.6 is 11.6 Å². The average molecular weight is 279 g/mol. The van der Waals surface area contributed by atoms with E-state index < -0.39 is 5.82 Å². The van der Waals surface area contributed by atoms with E-state index in [1.54, 1.807) is 30.3 Å². The molecule has 0 saturated heterocycles. The summed E-state index contributed by atoms with van der Waals surface area (Å²) in [6.07, 6.45) is -0.0244. The van der Waals surface area contributed by atoms with Crippen LogP contribution < -0.4 is 4.74 Å². The molecule has 0 unspecified atom stereocenters. The van der Waals surface area contributed by atoms with Crippen LogP contribution in [0.4, 0.5) is 4.39 Å². The van der Waals surface area contributed by atoms with Gasteiger partial charge in [0.25, 0.3) is 0 Å². The van der Waals surface area contributed by atoms with Crippen molar-refractivity contribution >= 4 is 17.4 Å². The minimum atomic E-state index is -0.392. The van der Waals surface area contributed by atoms with E-state index in [0.29, 0.717) is 21.9 Å². The molecule has 0 aliphatic rings. The van der Waals surface area contributed by atoms with E-state index in [0.717, 1.165) is 0 Å². The van der Waals surface area contributed by atoms with Gasteiger partial charge in [-0.25, -0.2) is 4.39 Å². The van der Waals surface area contributed by atoms with Gasteiger partial charge in [0, 0.05) is 11.4 Å². The van der Waals surface area contributed by atoms with Gasteiger partial charge in [0.05, 0.1) is 12.7 Å². The fourth-order valence-corrected chi connectivity index (χ4v) is 1.98. The highest BCUT2D eigenvalue weighted by Gasteiger charge is 2.15. The van der Waals surface area contributed by atoms with Gasteiger partial charge in [0.15, 0.2) is 5.78 Å². The lowest BCUT2D eigenvalue weighted by atomic mass is 10.0. The summed E-state index contributed by atoms with van der Waals surface area (Å²) in [5.41, 5.74) is 0.716. The first-order valence-electron chi connectivity index (χ1n) is 5.72. The van der Waals surface area contributed by atoms with Crippen LogP contribution in [0.5, 0.6) is 5.75 Å². The summed E-state index contributed by atoms with van der Waals surface area (Å²) in [6, 6.07) is 11.0. The molecule has 0 atom stereocenters. The fraction of sp³-hybridized carbons (Fsp3) is 0.133. The lowest BCUT2D eigenvalue weighted by molar-refractivity contribution is 0.0989. The van der Waals surface area contributed by atoms with E-state index >= 15 is 0 Å². The Morgan fingerprint density at radius 3 is 2.68 bits per heavy atom. The summed E-state index contributed by atoms with van der Waals surface area (Å²) in [5, 5.41) is 0.442. The van der Waals surface area contributed by atoms with Crippen LogP contribution in [0.15, 0.2) is 42.5 Å². The second-order valence-electron chi connectivity index (χ2n) is 4.04. The minimum absolute atomic E-state index is 0.0244. The van der Waals surface area contributed by atoms with Gasteiger partial charge in [-0.15, -0.1) is 0 Å². The largest absolute Gasteiger partial charge is 0.496 e. The number of rotatable bonds is 4. The van der Waals surface area contributed by atoms with Crippen LogP contribution in [0.1, 0.15) is 15.9 Å². The summed E-state index contributed by atoms with van der Waals surface area (Å²) < 4.78 is 18.6. The lowest BCUT2D eigenvalue weighted by Gasteiger charge is -2.08. The highest BCUT2D eigenvalue weighted by molar-refractivity contribution is 6.31. The Morgan fingerprint density at radius 1 is 1.26 bits per heavy atom. The van der Waals surface area contributed by atoms with Gasteiger partial charge in [-0.05, 0) is 29.8 Å². The number of hydrogen-bond acceptors (Lipinski definition) is 2. The molecule has 0 aliphatic carbocycles. The molecule has 2 aromatic rings. The first-order chi connectivity index (χ1) is 9.11. The monoisotopic (exact) mass is 278 g/mol. The summed E-state index contributed by atoms with van der Waals surface area (Å²) in [6.45, 7) is 0. The number of hydrogen-bond donors (Lipinski definition) is 0. The molecule has 98 valence electrons. The van der Waals surface area contributed by atoms with Crippen molar-refractivity contribution in [3.05, 3.63) is 64.4 Å². The average Bonchev–Trinajstić information content (AvgIpc) is 2.41. The second kappa shape index (κ2) is 5.85. The van der Waals surface area contributed by atoms with E-state index in [9.17, 15) is 9.18 Å². The van der Waals surface area contributed by atoms with Gasteiger partial charge in [-0.1, -0.05) is 29.8 Å². The summed E-state index contributed by atoms with van der Waals surface area (Å²) >= 11 is 5.87. The smallest absolute Gasteiger partial charge is 0.171 e. The number of benzene rings is 2. The van der Waals surface area contributed by atoms with E-state index in [1.807, 2.05) is 0 Å². The van der Waals surface area contributed by atoms with Crippen molar-refractivity contribution in [2.45, 2.75) is 6.42 Å². The van der Waals surface area contributed by atoms with Gasteiger partial charge in [0.1, 0.15) is 11.6 Å². The Bertz CT molecular complexity index is 611. The summed E-state index contributed by atoms with van der Waals surface area (Å²) in [5.74, 6) is -0.188. The molecule has 0 bridgehead atoms. The quantitative estimate of drug-likeness (QED) is 0.793. The molecule has 0 aliphatic heterocycles. The van der Waals surface area contributed by atoms with Crippen LogP contribution in [0.3, 0.4) is 0 Å². The molecule has 0 saturated carbocycles. The van der Waals surface area contributed by atoms with Gasteiger partial charge < -0.3 is 4.74 Å². The topological polar surface area (TPSA) is 26.3 Å². The van der Waals surface area contributed by atoms with E-state index in [4.69, 9.17) is 16.3 Å². The zero-order valence-corrected chi connectivity index (χ0v) is 11.1. The SMILES string of the molecule is COc1ccc(Cl)cc1C(=O)Cc1ccccc1F. The third kappa shape index (κ3) is 3.12. The van der Waals surface area contributed by atoms with E-state index in [-0.39, 0.29) is 12.2 Å². The van der Waals surface area contributed by atoms with E-state index in [1.165, 1.54) is 19.2 Å². The molecular weight excluding hydrogens is 267 g/mol. The first-order valence-corrected chi connectivity index (χ1v) is 6.09. The van der Waals surface area contributed by atoms with Crippen molar-refractivity contribution in [1.82, 2.24) is 0 Å². The normalized spacial score (nSPS) is 10.3. The molecule has 0 fully saturated rings. The van der Waals surface area contributed by atoms with Crippen LogP contribution in [-0.2, 0) is 6.42 Å². The van der Waals surface area contributed by atoms with Crippen molar-refractivity contribution < 1.29 is 13.9 Å². The highest BCUT2D eigenvalue weighted by atomic mass is 35.5. The number of methoxy groups -OCH3 is 1. The zero-order chi connectivity index (χ0) is 13.8. The predicted octanol–water partition coefficient (Wildman–Crippen LogP) is 3.91. The number of ketones is 1. The molecule has 0 spiro atoms. The first kappa shape index (κ1) is 13.6. The van der Waals surface area contributed by atoms with Crippen molar-refractivity contribution in [2.75, 3.05) is 7.11 Å². The van der Waals surface area contributed by atoms with Gasteiger partial charge in [-0.2, -0.15) is 0 Å². The van der Waals surface area contributed by atoms with Gasteiger partial charge in [0.2, 0.25) is 0 Å². The third-order valence-corrected chi connectivity index (χ3v) is 3.01.